The normalized spacial score (nSPS) is 12.5. The number of hydrogen-bond acceptors (Lipinski definition) is 3. The van der Waals surface area contributed by atoms with Gasteiger partial charge >= 0.3 is 0 Å². The summed E-state index contributed by atoms with van der Waals surface area (Å²) in [6.45, 7) is 2.19. The third-order valence-corrected chi connectivity index (χ3v) is 3.73. The number of benzene rings is 2. The maximum absolute atomic E-state index is 6.38. The quantitative estimate of drug-likeness (QED) is 0.792. The van der Waals surface area contributed by atoms with E-state index >= 15 is 0 Å². The molecule has 0 radical (unpaired) electrons. The van der Waals surface area contributed by atoms with E-state index in [2.05, 4.69) is 41.2 Å². The van der Waals surface area contributed by atoms with Gasteiger partial charge in [-0.1, -0.05) is 43.7 Å². The summed E-state index contributed by atoms with van der Waals surface area (Å²) in [5, 5.41) is 0. The molecule has 0 amide bonds. The van der Waals surface area contributed by atoms with Crippen LogP contribution in [0.4, 0.5) is 0 Å². The van der Waals surface area contributed by atoms with E-state index in [9.17, 15) is 0 Å². The zero-order valence-electron chi connectivity index (χ0n) is 12.2. The fourth-order valence-corrected chi connectivity index (χ4v) is 2.55. The number of fused-ring (bicyclic) bond motifs is 1. The average Bonchev–Trinajstić information content (AvgIpc) is 2.55. The van der Waals surface area contributed by atoms with E-state index in [1.165, 1.54) is 5.56 Å². The lowest BCUT2D eigenvalue weighted by Gasteiger charge is -2.13. The molecular weight excluding hydrogens is 258 g/mol. The molecule has 2 aromatic carbocycles. The Hall–Kier alpha value is -2.26. The van der Waals surface area contributed by atoms with Gasteiger partial charge in [0.1, 0.15) is 0 Å². The Labute approximate surface area is 124 Å². The van der Waals surface area contributed by atoms with Crippen molar-refractivity contribution in [3.05, 3.63) is 71.5 Å². The van der Waals surface area contributed by atoms with E-state index in [-0.39, 0.29) is 6.04 Å². The molecule has 0 bridgehead atoms. The third kappa shape index (κ3) is 2.93. The van der Waals surface area contributed by atoms with Crippen LogP contribution < -0.4 is 5.73 Å². The fraction of sp³-hybridized carbons (Fsp3) is 0.222. The molecule has 0 fully saturated rings. The molecule has 1 aromatic heterocycles. The highest BCUT2D eigenvalue weighted by molar-refractivity contribution is 5.74. The van der Waals surface area contributed by atoms with Crippen LogP contribution in [0.25, 0.3) is 11.0 Å². The summed E-state index contributed by atoms with van der Waals surface area (Å²) in [6, 6.07) is 14.5. The molecule has 3 aromatic rings. The first-order valence-electron chi connectivity index (χ1n) is 7.33. The van der Waals surface area contributed by atoms with Crippen LogP contribution in [0.1, 0.15) is 36.1 Å². The first kappa shape index (κ1) is 13.7. The van der Waals surface area contributed by atoms with Crippen molar-refractivity contribution >= 4 is 11.0 Å². The average molecular weight is 277 g/mol. The Bertz CT molecular complexity index is 735. The van der Waals surface area contributed by atoms with Gasteiger partial charge in [0.2, 0.25) is 0 Å². The van der Waals surface area contributed by atoms with Crippen molar-refractivity contribution < 1.29 is 0 Å². The van der Waals surface area contributed by atoms with Crippen LogP contribution in [-0.4, -0.2) is 9.97 Å². The van der Waals surface area contributed by atoms with Crippen LogP contribution in [0.15, 0.2) is 54.9 Å². The van der Waals surface area contributed by atoms with Gasteiger partial charge in [-0.15, -0.1) is 0 Å². The summed E-state index contributed by atoms with van der Waals surface area (Å²) in [6.07, 6.45) is 5.68. The Morgan fingerprint density at radius 2 is 1.57 bits per heavy atom. The molecule has 0 aliphatic rings. The zero-order chi connectivity index (χ0) is 14.7. The van der Waals surface area contributed by atoms with E-state index < -0.39 is 0 Å². The van der Waals surface area contributed by atoms with Gasteiger partial charge in [0.25, 0.3) is 0 Å². The highest BCUT2D eigenvalue weighted by Gasteiger charge is 2.10. The summed E-state index contributed by atoms with van der Waals surface area (Å²) in [5.41, 5.74) is 11.7. The molecule has 106 valence electrons. The highest BCUT2D eigenvalue weighted by atomic mass is 14.8. The van der Waals surface area contributed by atoms with Crippen LogP contribution in [0, 0.1) is 0 Å². The van der Waals surface area contributed by atoms with Crippen molar-refractivity contribution in [2.45, 2.75) is 25.8 Å². The lowest BCUT2D eigenvalue weighted by atomic mass is 9.97. The molecule has 21 heavy (non-hydrogen) atoms. The maximum atomic E-state index is 6.38. The summed E-state index contributed by atoms with van der Waals surface area (Å²) in [4.78, 5) is 8.62. The number of nitrogens with two attached hydrogens (primary N) is 1. The van der Waals surface area contributed by atoms with Gasteiger partial charge < -0.3 is 5.73 Å². The Morgan fingerprint density at radius 3 is 2.29 bits per heavy atom. The first-order valence-corrected chi connectivity index (χ1v) is 7.33. The highest BCUT2D eigenvalue weighted by Crippen LogP contribution is 2.22. The summed E-state index contributed by atoms with van der Waals surface area (Å²) < 4.78 is 0. The van der Waals surface area contributed by atoms with E-state index in [0.29, 0.717) is 0 Å². The molecule has 3 heteroatoms. The second-order valence-electron chi connectivity index (χ2n) is 5.27. The minimum absolute atomic E-state index is 0.132. The number of aryl methyl sites for hydroxylation is 1. The number of nitrogens with zero attached hydrogens (tertiary/aromatic N) is 2. The van der Waals surface area contributed by atoms with Gasteiger partial charge in [0, 0.05) is 12.4 Å². The van der Waals surface area contributed by atoms with Crippen molar-refractivity contribution in [1.82, 2.24) is 9.97 Å². The molecule has 1 unspecified atom stereocenters. The van der Waals surface area contributed by atoms with E-state index in [1.807, 2.05) is 18.2 Å². The molecule has 1 heterocycles. The van der Waals surface area contributed by atoms with E-state index in [4.69, 9.17) is 5.73 Å². The van der Waals surface area contributed by atoms with Crippen molar-refractivity contribution in [2.75, 3.05) is 0 Å². The maximum Gasteiger partial charge on any atom is 0.0890 e. The molecule has 0 aliphatic heterocycles. The van der Waals surface area contributed by atoms with Gasteiger partial charge in [-0.05, 0) is 35.2 Å². The molecule has 2 N–H and O–H groups in total. The summed E-state index contributed by atoms with van der Waals surface area (Å²) in [5.74, 6) is 0. The van der Waals surface area contributed by atoms with Crippen molar-refractivity contribution in [2.24, 2.45) is 5.73 Å². The topological polar surface area (TPSA) is 51.8 Å². The van der Waals surface area contributed by atoms with Gasteiger partial charge in [-0.3, -0.25) is 9.97 Å². The molecule has 0 aliphatic carbocycles. The van der Waals surface area contributed by atoms with Gasteiger partial charge in [0.15, 0.2) is 0 Å². The Morgan fingerprint density at radius 1 is 0.905 bits per heavy atom. The third-order valence-electron chi connectivity index (χ3n) is 3.73. The molecular formula is C18H19N3. The second kappa shape index (κ2) is 6.02. The minimum Gasteiger partial charge on any atom is -0.320 e. The van der Waals surface area contributed by atoms with Gasteiger partial charge in [-0.2, -0.15) is 0 Å². The molecule has 0 spiro atoms. The largest absolute Gasteiger partial charge is 0.320 e. The Kier molecular flexibility index (Phi) is 3.93. The smallest absolute Gasteiger partial charge is 0.0890 e. The minimum atomic E-state index is -0.132. The van der Waals surface area contributed by atoms with Crippen LogP contribution >= 0.6 is 0 Å². The van der Waals surface area contributed by atoms with Gasteiger partial charge in [0.05, 0.1) is 17.1 Å². The van der Waals surface area contributed by atoms with Crippen LogP contribution in [-0.2, 0) is 6.42 Å². The van der Waals surface area contributed by atoms with E-state index in [0.717, 1.165) is 35.0 Å². The lowest BCUT2D eigenvalue weighted by Crippen LogP contribution is -2.11. The van der Waals surface area contributed by atoms with Gasteiger partial charge in [-0.25, -0.2) is 0 Å². The monoisotopic (exact) mass is 277 g/mol. The number of aromatic nitrogens is 2. The van der Waals surface area contributed by atoms with Crippen molar-refractivity contribution in [3.63, 3.8) is 0 Å². The van der Waals surface area contributed by atoms with Crippen LogP contribution in [0.3, 0.4) is 0 Å². The van der Waals surface area contributed by atoms with Crippen molar-refractivity contribution in [1.29, 1.82) is 0 Å². The standard InChI is InChI=1S/C18H19N3/c1-2-3-13-4-6-14(7-5-13)18(19)15-8-9-16-17(12-15)21-11-10-20-16/h4-12,18H,2-3,19H2,1H3. The van der Waals surface area contributed by atoms with Crippen LogP contribution in [0.5, 0.6) is 0 Å². The number of rotatable bonds is 4. The predicted molar refractivity (Wildman–Crippen MR) is 86.0 cm³/mol. The molecule has 0 saturated carbocycles. The van der Waals surface area contributed by atoms with Crippen LogP contribution in [0.2, 0.25) is 0 Å². The number of hydrogen-bond donors (Lipinski definition) is 1. The summed E-state index contributed by atoms with van der Waals surface area (Å²) in [7, 11) is 0. The van der Waals surface area contributed by atoms with Crippen molar-refractivity contribution in [3.8, 4) is 0 Å². The summed E-state index contributed by atoms with van der Waals surface area (Å²) >= 11 is 0. The fourth-order valence-electron chi connectivity index (χ4n) is 2.55. The molecule has 0 saturated heterocycles. The Balaban J connectivity index is 1.90. The second-order valence-corrected chi connectivity index (χ2v) is 5.27. The lowest BCUT2D eigenvalue weighted by molar-refractivity contribution is 0.866. The van der Waals surface area contributed by atoms with E-state index in [1.54, 1.807) is 12.4 Å². The first-order chi connectivity index (χ1) is 10.3. The SMILES string of the molecule is CCCc1ccc(C(N)c2ccc3nccnc3c2)cc1. The molecule has 3 rings (SSSR count). The molecule has 3 nitrogen and oxygen atoms in total. The zero-order valence-corrected chi connectivity index (χ0v) is 12.2. The predicted octanol–water partition coefficient (Wildman–Crippen LogP) is 3.63. The molecule has 1 atom stereocenters.